The van der Waals surface area contributed by atoms with Crippen LogP contribution in [0, 0.1) is 0 Å². The molecule has 0 radical (unpaired) electrons. The van der Waals surface area contributed by atoms with Crippen LogP contribution < -0.4 is 0 Å². The quantitative estimate of drug-likeness (QED) is 0.902. The first-order valence-corrected chi connectivity index (χ1v) is 6.79. The molecule has 1 fully saturated rings. The molecule has 1 aromatic heterocycles. The highest BCUT2D eigenvalue weighted by Gasteiger charge is 2.30. The van der Waals surface area contributed by atoms with E-state index in [9.17, 15) is 18.3 Å². The van der Waals surface area contributed by atoms with Crippen molar-refractivity contribution in [2.75, 3.05) is 6.61 Å². The highest BCUT2D eigenvalue weighted by molar-refractivity contribution is 5.18. The average molecular weight is 289 g/mol. The molecular weight excluding hydrogens is 271 g/mol. The number of hydrogen-bond donors (Lipinski definition) is 1. The van der Waals surface area contributed by atoms with E-state index in [0.717, 1.165) is 44.6 Å². The normalized spacial score (nSPS) is 21.1. The van der Waals surface area contributed by atoms with E-state index in [-0.39, 0.29) is 11.8 Å². The molecule has 6 heteroatoms. The largest absolute Gasteiger partial charge is 0.417 e. The Hall–Kier alpha value is -1.14. The van der Waals surface area contributed by atoms with Gasteiger partial charge < -0.3 is 9.84 Å². The fourth-order valence-electron chi connectivity index (χ4n) is 2.33. The molecule has 112 valence electrons. The zero-order valence-electron chi connectivity index (χ0n) is 11.1. The maximum absolute atomic E-state index is 12.4. The number of pyridine rings is 1. The number of ether oxygens (including phenoxy) is 1. The van der Waals surface area contributed by atoms with E-state index >= 15 is 0 Å². The molecule has 0 saturated carbocycles. The Morgan fingerprint density at radius 3 is 2.75 bits per heavy atom. The first-order valence-electron chi connectivity index (χ1n) is 6.79. The van der Waals surface area contributed by atoms with Gasteiger partial charge in [-0.2, -0.15) is 13.2 Å². The number of aliphatic hydroxyl groups excluding tert-OH is 1. The summed E-state index contributed by atoms with van der Waals surface area (Å²) in [5, 5.41) is 9.90. The summed E-state index contributed by atoms with van der Waals surface area (Å²) >= 11 is 0. The summed E-state index contributed by atoms with van der Waals surface area (Å²) in [5.41, 5.74) is -0.516. The maximum Gasteiger partial charge on any atom is 0.417 e. The van der Waals surface area contributed by atoms with Gasteiger partial charge in [-0.3, -0.25) is 4.98 Å². The Morgan fingerprint density at radius 1 is 1.40 bits per heavy atom. The van der Waals surface area contributed by atoms with Gasteiger partial charge in [0.15, 0.2) is 0 Å². The molecule has 2 rings (SSSR count). The predicted molar refractivity (Wildman–Crippen MR) is 67.0 cm³/mol. The molecule has 1 aliphatic rings. The smallest absolute Gasteiger partial charge is 0.387 e. The highest BCUT2D eigenvalue weighted by Crippen LogP contribution is 2.29. The molecule has 1 N–H and O–H groups in total. The van der Waals surface area contributed by atoms with E-state index < -0.39 is 17.8 Å². The van der Waals surface area contributed by atoms with Crippen LogP contribution in [-0.2, 0) is 10.9 Å². The van der Waals surface area contributed by atoms with Crippen LogP contribution in [0.25, 0.3) is 0 Å². The van der Waals surface area contributed by atoms with Crippen molar-refractivity contribution >= 4 is 0 Å². The van der Waals surface area contributed by atoms with Crippen molar-refractivity contribution in [1.29, 1.82) is 0 Å². The Kier molecular flexibility index (Phi) is 4.99. The third-order valence-electron chi connectivity index (χ3n) is 3.48. The molecule has 0 spiro atoms. The summed E-state index contributed by atoms with van der Waals surface area (Å²) in [6.07, 6.45) is 0.0725. The van der Waals surface area contributed by atoms with Crippen LogP contribution >= 0.6 is 0 Å². The lowest BCUT2D eigenvalue weighted by atomic mass is 10.0. The number of aliphatic hydroxyl groups is 1. The lowest BCUT2D eigenvalue weighted by Crippen LogP contribution is -2.09. The van der Waals surface area contributed by atoms with E-state index in [1.54, 1.807) is 0 Å². The number of nitrogens with zero attached hydrogens (tertiary/aromatic N) is 1. The molecule has 2 heterocycles. The predicted octanol–water partition coefficient (Wildman–Crippen LogP) is 3.48. The van der Waals surface area contributed by atoms with Gasteiger partial charge in [-0.1, -0.05) is 0 Å². The van der Waals surface area contributed by atoms with Gasteiger partial charge in [0.2, 0.25) is 0 Å². The molecule has 2 unspecified atom stereocenters. The van der Waals surface area contributed by atoms with Crippen molar-refractivity contribution in [2.45, 2.75) is 50.5 Å². The van der Waals surface area contributed by atoms with Crippen molar-refractivity contribution in [2.24, 2.45) is 0 Å². The molecule has 1 aromatic rings. The van der Waals surface area contributed by atoms with Crippen molar-refractivity contribution in [3.63, 3.8) is 0 Å². The Labute approximate surface area is 115 Å². The van der Waals surface area contributed by atoms with Crippen LogP contribution in [0.15, 0.2) is 18.3 Å². The van der Waals surface area contributed by atoms with Crippen LogP contribution in [0.2, 0.25) is 0 Å². The third-order valence-corrected chi connectivity index (χ3v) is 3.48. The molecule has 2 atom stereocenters. The zero-order chi connectivity index (χ0) is 14.6. The first-order chi connectivity index (χ1) is 9.47. The monoisotopic (exact) mass is 289 g/mol. The van der Waals surface area contributed by atoms with Crippen LogP contribution in [0.1, 0.15) is 49.5 Å². The highest BCUT2D eigenvalue weighted by atomic mass is 19.4. The number of rotatable bonds is 5. The summed E-state index contributed by atoms with van der Waals surface area (Å²) in [6, 6.07) is 2.19. The summed E-state index contributed by atoms with van der Waals surface area (Å²) in [5.74, 6) is 0. The second kappa shape index (κ2) is 6.54. The number of aromatic nitrogens is 1. The third kappa shape index (κ3) is 4.18. The van der Waals surface area contributed by atoms with E-state index in [0.29, 0.717) is 6.42 Å². The fraction of sp³-hybridized carbons (Fsp3) is 0.643. The van der Waals surface area contributed by atoms with E-state index in [2.05, 4.69) is 4.98 Å². The van der Waals surface area contributed by atoms with Crippen molar-refractivity contribution in [1.82, 2.24) is 4.98 Å². The van der Waals surface area contributed by atoms with Crippen LogP contribution in [0.3, 0.4) is 0 Å². The lowest BCUT2D eigenvalue weighted by molar-refractivity contribution is -0.137. The molecule has 3 nitrogen and oxygen atoms in total. The second-order valence-electron chi connectivity index (χ2n) is 5.05. The minimum atomic E-state index is -4.39. The van der Waals surface area contributed by atoms with E-state index in [4.69, 9.17) is 4.74 Å². The van der Waals surface area contributed by atoms with Gasteiger partial charge in [0.1, 0.15) is 0 Å². The number of halogens is 3. The standard InChI is InChI=1S/C14H18F3NO2/c15-14(16,17)10-6-7-12(18-9-10)13(19)5-1-3-11-4-2-8-20-11/h6-7,9,11,13,19H,1-5,8H2. The molecular formula is C14H18F3NO2. The minimum Gasteiger partial charge on any atom is -0.387 e. The Morgan fingerprint density at radius 2 is 2.20 bits per heavy atom. The Bertz CT molecular complexity index is 413. The van der Waals surface area contributed by atoms with E-state index in [1.807, 2.05) is 0 Å². The Balaban J connectivity index is 1.81. The van der Waals surface area contributed by atoms with Gasteiger partial charge in [-0.25, -0.2) is 0 Å². The van der Waals surface area contributed by atoms with Gasteiger partial charge in [0, 0.05) is 12.8 Å². The summed E-state index contributed by atoms with van der Waals surface area (Å²) in [7, 11) is 0. The molecule has 0 aromatic carbocycles. The molecule has 0 bridgehead atoms. The topological polar surface area (TPSA) is 42.4 Å². The first kappa shape index (κ1) is 15.3. The van der Waals surface area contributed by atoms with Crippen molar-refractivity contribution in [3.8, 4) is 0 Å². The van der Waals surface area contributed by atoms with Gasteiger partial charge in [-0.15, -0.1) is 0 Å². The van der Waals surface area contributed by atoms with Gasteiger partial charge in [0.05, 0.1) is 23.5 Å². The maximum atomic E-state index is 12.4. The molecule has 0 amide bonds. The van der Waals surface area contributed by atoms with Gasteiger partial charge in [-0.05, 0) is 44.2 Å². The van der Waals surface area contributed by atoms with Crippen molar-refractivity contribution < 1.29 is 23.0 Å². The zero-order valence-corrected chi connectivity index (χ0v) is 11.1. The number of hydrogen-bond acceptors (Lipinski definition) is 3. The molecule has 1 aliphatic heterocycles. The lowest BCUT2D eigenvalue weighted by Gasteiger charge is -2.13. The van der Waals surface area contributed by atoms with Crippen LogP contribution in [-0.4, -0.2) is 22.8 Å². The fourth-order valence-corrected chi connectivity index (χ4v) is 2.33. The van der Waals surface area contributed by atoms with E-state index in [1.165, 1.54) is 6.07 Å². The molecule has 0 aliphatic carbocycles. The SMILES string of the molecule is OC(CCCC1CCCO1)c1ccc(C(F)(F)F)cn1. The summed E-state index contributed by atoms with van der Waals surface area (Å²) in [4.78, 5) is 3.69. The minimum absolute atomic E-state index is 0.266. The van der Waals surface area contributed by atoms with Gasteiger partial charge >= 0.3 is 6.18 Å². The summed E-state index contributed by atoms with van der Waals surface area (Å²) < 4.78 is 42.6. The second-order valence-corrected chi connectivity index (χ2v) is 5.05. The van der Waals surface area contributed by atoms with Crippen LogP contribution in [0.5, 0.6) is 0 Å². The molecule has 20 heavy (non-hydrogen) atoms. The number of alkyl halides is 3. The van der Waals surface area contributed by atoms with Crippen LogP contribution in [0.4, 0.5) is 13.2 Å². The van der Waals surface area contributed by atoms with Gasteiger partial charge in [0.25, 0.3) is 0 Å². The summed E-state index contributed by atoms with van der Waals surface area (Å²) in [6.45, 7) is 0.799. The average Bonchev–Trinajstić information content (AvgIpc) is 2.91. The molecule has 1 saturated heterocycles. The van der Waals surface area contributed by atoms with Crippen molar-refractivity contribution in [3.05, 3.63) is 29.6 Å².